The summed E-state index contributed by atoms with van der Waals surface area (Å²) in [5.41, 5.74) is 8.03. The number of nitrogens with two attached hydrogens (primary N) is 1. The van der Waals surface area contributed by atoms with E-state index in [9.17, 15) is 0 Å². The standard InChI is InChI=1S/C16H25N3O/c1-5-10-16(3,4)19-12-8-7-9-13(20-11-6-2)14(12)18-15(19)17/h7-9H,5-6,10-11H2,1-4H3,(H2,17,18). The third kappa shape index (κ3) is 2.60. The molecule has 4 heteroatoms. The van der Waals surface area contributed by atoms with Crippen molar-refractivity contribution in [2.75, 3.05) is 12.3 Å². The molecule has 0 aliphatic heterocycles. The molecule has 2 rings (SSSR count). The molecule has 2 aromatic rings. The number of hydrogen-bond donors (Lipinski definition) is 1. The van der Waals surface area contributed by atoms with E-state index >= 15 is 0 Å². The maximum Gasteiger partial charge on any atom is 0.201 e. The van der Waals surface area contributed by atoms with Crippen molar-refractivity contribution in [1.29, 1.82) is 0 Å². The number of ether oxygens (including phenoxy) is 1. The number of anilines is 1. The number of aromatic nitrogens is 2. The Morgan fingerprint density at radius 2 is 2.00 bits per heavy atom. The number of nitrogens with zero attached hydrogens (tertiary/aromatic N) is 2. The molecule has 0 radical (unpaired) electrons. The van der Waals surface area contributed by atoms with Gasteiger partial charge in [0.05, 0.1) is 12.1 Å². The Morgan fingerprint density at radius 3 is 2.65 bits per heavy atom. The van der Waals surface area contributed by atoms with Gasteiger partial charge in [-0.3, -0.25) is 0 Å². The Morgan fingerprint density at radius 1 is 1.25 bits per heavy atom. The van der Waals surface area contributed by atoms with Gasteiger partial charge in [-0.25, -0.2) is 4.98 Å². The summed E-state index contributed by atoms with van der Waals surface area (Å²) in [6.45, 7) is 9.38. The monoisotopic (exact) mass is 275 g/mol. The van der Waals surface area contributed by atoms with E-state index in [0.29, 0.717) is 12.6 Å². The molecule has 0 atom stereocenters. The first-order valence-corrected chi connectivity index (χ1v) is 7.41. The van der Waals surface area contributed by atoms with Crippen LogP contribution in [0.25, 0.3) is 11.0 Å². The van der Waals surface area contributed by atoms with Crippen LogP contribution >= 0.6 is 0 Å². The molecular formula is C16H25N3O. The van der Waals surface area contributed by atoms with Crippen LogP contribution in [0.3, 0.4) is 0 Å². The molecule has 1 aromatic carbocycles. The molecular weight excluding hydrogens is 250 g/mol. The van der Waals surface area contributed by atoms with Crippen LogP contribution < -0.4 is 10.5 Å². The van der Waals surface area contributed by atoms with Crippen LogP contribution in [0, 0.1) is 0 Å². The molecule has 0 fully saturated rings. The second-order valence-electron chi connectivity index (χ2n) is 5.84. The molecule has 20 heavy (non-hydrogen) atoms. The number of fused-ring (bicyclic) bond motifs is 1. The summed E-state index contributed by atoms with van der Waals surface area (Å²) in [7, 11) is 0. The molecule has 4 nitrogen and oxygen atoms in total. The lowest BCUT2D eigenvalue weighted by Gasteiger charge is -2.28. The summed E-state index contributed by atoms with van der Waals surface area (Å²) >= 11 is 0. The van der Waals surface area contributed by atoms with Gasteiger partial charge < -0.3 is 15.0 Å². The number of nitrogen functional groups attached to an aromatic ring is 1. The van der Waals surface area contributed by atoms with Crippen LogP contribution in [0.2, 0.25) is 0 Å². The Kier molecular flexibility index (Phi) is 4.21. The van der Waals surface area contributed by atoms with Crippen LogP contribution in [0.15, 0.2) is 18.2 Å². The predicted molar refractivity (Wildman–Crippen MR) is 84.2 cm³/mol. The molecule has 0 spiro atoms. The first-order chi connectivity index (χ1) is 9.51. The molecule has 110 valence electrons. The highest BCUT2D eigenvalue weighted by Crippen LogP contribution is 2.33. The van der Waals surface area contributed by atoms with Crippen molar-refractivity contribution in [2.24, 2.45) is 0 Å². The Bertz CT molecular complexity index is 587. The normalized spacial score (nSPS) is 12.0. The fourth-order valence-electron chi connectivity index (χ4n) is 2.78. The Hall–Kier alpha value is -1.71. The van der Waals surface area contributed by atoms with E-state index in [1.165, 1.54) is 0 Å². The third-order valence-corrected chi connectivity index (χ3v) is 3.60. The van der Waals surface area contributed by atoms with Gasteiger partial charge in [-0.1, -0.05) is 26.3 Å². The highest BCUT2D eigenvalue weighted by molar-refractivity contribution is 5.84. The number of hydrogen-bond acceptors (Lipinski definition) is 3. The van der Waals surface area contributed by atoms with Crippen molar-refractivity contribution in [3.63, 3.8) is 0 Å². The van der Waals surface area contributed by atoms with E-state index in [1.807, 2.05) is 12.1 Å². The van der Waals surface area contributed by atoms with Gasteiger partial charge in [0.2, 0.25) is 5.95 Å². The fraction of sp³-hybridized carbons (Fsp3) is 0.562. The topological polar surface area (TPSA) is 53.1 Å². The number of imidazole rings is 1. The van der Waals surface area contributed by atoms with Gasteiger partial charge in [0.15, 0.2) is 0 Å². The summed E-state index contributed by atoms with van der Waals surface area (Å²) in [6.07, 6.45) is 3.15. The molecule has 1 heterocycles. The fourth-order valence-corrected chi connectivity index (χ4v) is 2.78. The summed E-state index contributed by atoms with van der Waals surface area (Å²) in [5.74, 6) is 1.38. The van der Waals surface area contributed by atoms with Crippen molar-refractivity contribution in [3.8, 4) is 5.75 Å². The minimum Gasteiger partial charge on any atom is -0.491 e. The average molecular weight is 275 g/mol. The SMILES string of the molecule is CCCOc1cccc2c1nc(N)n2C(C)(C)CCC. The average Bonchev–Trinajstić information content (AvgIpc) is 2.73. The van der Waals surface area contributed by atoms with Crippen LogP contribution in [0.5, 0.6) is 5.75 Å². The van der Waals surface area contributed by atoms with Gasteiger partial charge in [0.25, 0.3) is 0 Å². The Balaban J connectivity index is 2.54. The zero-order valence-electron chi connectivity index (χ0n) is 12.9. The van der Waals surface area contributed by atoms with Gasteiger partial charge in [-0.15, -0.1) is 0 Å². The second kappa shape index (κ2) is 5.73. The lowest BCUT2D eigenvalue weighted by molar-refractivity contribution is 0.320. The molecule has 0 bridgehead atoms. The lowest BCUT2D eigenvalue weighted by Crippen LogP contribution is -2.27. The molecule has 2 N–H and O–H groups in total. The summed E-state index contributed by atoms with van der Waals surface area (Å²) in [5, 5.41) is 0. The smallest absolute Gasteiger partial charge is 0.201 e. The number of benzene rings is 1. The summed E-state index contributed by atoms with van der Waals surface area (Å²) in [4.78, 5) is 4.53. The van der Waals surface area contributed by atoms with Crippen molar-refractivity contribution < 1.29 is 4.74 Å². The molecule has 0 saturated heterocycles. The van der Waals surface area contributed by atoms with Gasteiger partial charge in [-0.05, 0) is 38.8 Å². The van der Waals surface area contributed by atoms with E-state index in [4.69, 9.17) is 10.5 Å². The minimum atomic E-state index is -0.0447. The largest absolute Gasteiger partial charge is 0.491 e. The number of para-hydroxylation sites is 1. The van der Waals surface area contributed by atoms with E-state index in [1.54, 1.807) is 0 Å². The molecule has 1 aromatic heterocycles. The van der Waals surface area contributed by atoms with Crippen LogP contribution in [-0.2, 0) is 5.54 Å². The van der Waals surface area contributed by atoms with E-state index in [-0.39, 0.29) is 5.54 Å². The number of rotatable bonds is 6. The Labute approximate surface area is 120 Å². The zero-order valence-corrected chi connectivity index (χ0v) is 12.9. The molecule has 0 aliphatic rings. The van der Waals surface area contributed by atoms with Crippen LogP contribution in [0.4, 0.5) is 5.95 Å². The van der Waals surface area contributed by atoms with Crippen LogP contribution in [0.1, 0.15) is 47.0 Å². The van der Waals surface area contributed by atoms with Crippen molar-refractivity contribution in [3.05, 3.63) is 18.2 Å². The van der Waals surface area contributed by atoms with Gasteiger partial charge >= 0.3 is 0 Å². The van der Waals surface area contributed by atoms with Crippen molar-refractivity contribution in [2.45, 2.75) is 52.5 Å². The van der Waals surface area contributed by atoms with Crippen molar-refractivity contribution in [1.82, 2.24) is 9.55 Å². The quantitative estimate of drug-likeness (QED) is 0.868. The van der Waals surface area contributed by atoms with E-state index in [2.05, 4.69) is 43.3 Å². The summed E-state index contributed by atoms with van der Waals surface area (Å²) in [6, 6.07) is 6.03. The summed E-state index contributed by atoms with van der Waals surface area (Å²) < 4.78 is 7.91. The zero-order chi connectivity index (χ0) is 14.8. The lowest BCUT2D eigenvalue weighted by atomic mass is 9.98. The van der Waals surface area contributed by atoms with E-state index < -0.39 is 0 Å². The maximum absolute atomic E-state index is 6.16. The molecule has 0 aliphatic carbocycles. The van der Waals surface area contributed by atoms with Gasteiger partial charge in [0.1, 0.15) is 11.3 Å². The highest BCUT2D eigenvalue weighted by atomic mass is 16.5. The highest BCUT2D eigenvalue weighted by Gasteiger charge is 2.25. The van der Waals surface area contributed by atoms with E-state index in [0.717, 1.165) is 36.0 Å². The minimum absolute atomic E-state index is 0.0447. The predicted octanol–water partition coefficient (Wildman–Crippen LogP) is 3.94. The third-order valence-electron chi connectivity index (χ3n) is 3.60. The van der Waals surface area contributed by atoms with Gasteiger partial charge in [0, 0.05) is 5.54 Å². The first kappa shape index (κ1) is 14.7. The maximum atomic E-state index is 6.16. The van der Waals surface area contributed by atoms with Gasteiger partial charge in [-0.2, -0.15) is 0 Å². The molecule has 0 amide bonds. The van der Waals surface area contributed by atoms with Crippen LogP contribution in [-0.4, -0.2) is 16.2 Å². The molecule has 0 unspecified atom stereocenters. The first-order valence-electron chi connectivity index (χ1n) is 7.41. The second-order valence-corrected chi connectivity index (χ2v) is 5.84. The molecule has 0 saturated carbocycles. The van der Waals surface area contributed by atoms with Crippen molar-refractivity contribution >= 4 is 17.0 Å².